The number of likely N-dealkylation sites (tertiary alicyclic amines) is 1. The summed E-state index contributed by atoms with van der Waals surface area (Å²) in [7, 11) is 0. The lowest BCUT2D eigenvalue weighted by Gasteiger charge is -2.24. The molecule has 0 radical (unpaired) electrons. The summed E-state index contributed by atoms with van der Waals surface area (Å²) in [6.45, 7) is 6.14. The van der Waals surface area contributed by atoms with Crippen LogP contribution in [0.2, 0.25) is 5.02 Å². The molecule has 1 atom stereocenters. The lowest BCUT2D eigenvalue weighted by molar-refractivity contribution is -0.125. The Hall–Kier alpha value is -3.33. The number of alkyl carbamates (subject to hydrolysis) is 1. The van der Waals surface area contributed by atoms with Gasteiger partial charge in [-0.05, 0) is 62.9 Å². The SMILES string of the molecule is CC(C)(C)OC(=O)NCc1ccc(Cl)cc1CNC(=O)[C@@H]1CCCN1C(=O)c1cccc(=O)[nH]1. The first-order valence-corrected chi connectivity index (χ1v) is 11.4. The van der Waals surface area contributed by atoms with Crippen molar-refractivity contribution in [1.29, 1.82) is 0 Å². The Morgan fingerprint density at radius 3 is 2.56 bits per heavy atom. The van der Waals surface area contributed by atoms with E-state index >= 15 is 0 Å². The monoisotopic (exact) mass is 488 g/mol. The zero-order valence-corrected chi connectivity index (χ0v) is 20.2. The van der Waals surface area contributed by atoms with Crippen LogP contribution in [-0.4, -0.2) is 46.0 Å². The van der Waals surface area contributed by atoms with Crippen LogP contribution >= 0.6 is 11.6 Å². The van der Waals surface area contributed by atoms with Gasteiger partial charge < -0.3 is 25.3 Å². The maximum absolute atomic E-state index is 13.0. The fraction of sp³-hybridized carbons (Fsp3) is 0.417. The highest BCUT2D eigenvalue weighted by Crippen LogP contribution is 2.21. The number of hydrogen-bond donors (Lipinski definition) is 3. The summed E-state index contributed by atoms with van der Waals surface area (Å²) in [6, 6.07) is 8.91. The van der Waals surface area contributed by atoms with E-state index in [1.165, 1.54) is 23.1 Å². The maximum atomic E-state index is 13.0. The van der Waals surface area contributed by atoms with Crippen LogP contribution in [0, 0.1) is 0 Å². The van der Waals surface area contributed by atoms with E-state index in [0.717, 1.165) is 11.1 Å². The Morgan fingerprint density at radius 1 is 1.12 bits per heavy atom. The van der Waals surface area contributed by atoms with Gasteiger partial charge in [-0.15, -0.1) is 0 Å². The number of nitrogens with zero attached hydrogens (tertiary/aromatic N) is 1. The van der Waals surface area contributed by atoms with Crippen molar-refractivity contribution in [2.75, 3.05) is 6.54 Å². The number of aromatic nitrogens is 1. The van der Waals surface area contributed by atoms with Gasteiger partial charge in [0.05, 0.1) is 0 Å². The van der Waals surface area contributed by atoms with Gasteiger partial charge in [0.15, 0.2) is 0 Å². The molecule has 3 N–H and O–H groups in total. The molecule has 182 valence electrons. The molecule has 0 saturated carbocycles. The number of carbonyl (C=O) groups is 3. The highest BCUT2D eigenvalue weighted by molar-refractivity contribution is 6.30. The van der Waals surface area contributed by atoms with Crippen LogP contribution in [0.5, 0.6) is 0 Å². The van der Waals surface area contributed by atoms with E-state index < -0.39 is 17.7 Å². The van der Waals surface area contributed by atoms with Crippen LogP contribution in [0.4, 0.5) is 4.79 Å². The van der Waals surface area contributed by atoms with Gasteiger partial charge in [0, 0.05) is 30.7 Å². The van der Waals surface area contributed by atoms with Crippen molar-refractivity contribution in [3.05, 3.63) is 68.6 Å². The lowest BCUT2D eigenvalue weighted by Crippen LogP contribution is -2.46. The van der Waals surface area contributed by atoms with Gasteiger partial charge in [-0.2, -0.15) is 0 Å². The van der Waals surface area contributed by atoms with E-state index in [9.17, 15) is 19.2 Å². The Bertz CT molecular complexity index is 1120. The van der Waals surface area contributed by atoms with Crippen molar-refractivity contribution in [2.45, 2.75) is 58.3 Å². The normalized spacial score (nSPS) is 15.6. The predicted molar refractivity (Wildman–Crippen MR) is 127 cm³/mol. The van der Waals surface area contributed by atoms with E-state index in [1.54, 1.807) is 39.0 Å². The average molecular weight is 489 g/mol. The molecule has 2 heterocycles. The van der Waals surface area contributed by atoms with Gasteiger partial charge in [0.25, 0.3) is 5.91 Å². The molecule has 1 aromatic carbocycles. The molecule has 0 bridgehead atoms. The minimum atomic E-state index is -0.640. The quantitative estimate of drug-likeness (QED) is 0.577. The topological polar surface area (TPSA) is 121 Å². The Morgan fingerprint density at radius 2 is 1.85 bits per heavy atom. The molecule has 0 aliphatic carbocycles. The molecule has 1 aromatic heterocycles. The summed E-state index contributed by atoms with van der Waals surface area (Å²) in [5, 5.41) is 6.07. The molecular formula is C24H29ClN4O5. The van der Waals surface area contributed by atoms with Gasteiger partial charge >= 0.3 is 6.09 Å². The summed E-state index contributed by atoms with van der Waals surface area (Å²) >= 11 is 6.15. The fourth-order valence-electron chi connectivity index (χ4n) is 3.72. The fourth-order valence-corrected chi connectivity index (χ4v) is 3.92. The largest absolute Gasteiger partial charge is 0.444 e. The standard InChI is InChI=1S/C24H29ClN4O5/c1-24(2,3)34-23(33)27-13-15-9-10-17(25)12-16(15)14-26-21(31)19-7-5-11-29(19)22(32)18-6-4-8-20(30)28-18/h4,6,8-10,12,19H,5,7,11,13-14H2,1-3H3,(H,26,31)(H,27,33)(H,28,30)/t19-/m0/s1. The van der Waals surface area contributed by atoms with Crippen LogP contribution in [0.1, 0.15) is 55.2 Å². The highest BCUT2D eigenvalue weighted by atomic mass is 35.5. The van der Waals surface area contributed by atoms with Crippen molar-refractivity contribution < 1.29 is 19.1 Å². The summed E-state index contributed by atoms with van der Waals surface area (Å²) in [5.41, 5.74) is 0.673. The van der Waals surface area contributed by atoms with Crippen molar-refractivity contribution in [3.8, 4) is 0 Å². The average Bonchev–Trinajstić information content (AvgIpc) is 3.25. The van der Waals surface area contributed by atoms with Gasteiger partial charge in [-0.25, -0.2) is 4.79 Å². The number of nitrogens with one attached hydrogen (secondary N) is 3. The van der Waals surface area contributed by atoms with Crippen LogP contribution < -0.4 is 16.2 Å². The second-order valence-electron chi connectivity index (χ2n) is 9.07. The van der Waals surface area contributed by atoms with Gasteiger partial charge in [0.1, 0.15) is 17.3 Å². The van der Waals surface area contributed by atoms with E-state index in [1.807, 2.05) is 0 Å². The zero-order valence-electron chi connectivity index (χ0n) is 19.4. The summed E-state index contributed by atoms with van der Waals surface area (Å²) in [4.78, 5) is 53.3. The first kappa shape index (κ1) is 25.3. The molecular weight excluding hydrogens is 460 g/mol. The van der Waals surface area contributed by atoms with Gasteiger partial charge in [0.2, 0.25) is 11.5 Å². The molecule has 34 heavy (non-hydrogen) atoms. The molecule has 2 aromatic rings. The number of pyridine rings is 1. The summed E-state index contributed by atoms with van der Waals surface area (Å²) in [6.07, 6.45) is 0.664. The minimum absolute atomic E-state index is 0.151. The number of amides is 3. The first-order valence-electron chi connectivity index (χ1n) is 11.1. The molecule has 1 aliphatic heterocycles. The van der Waals surface area contributed by atoms with Crippen molar-refractivity contribution in [3.63, 3.8) is 0 Å². The third kappa shape index (κ3) is 6.84. The molecule has 3 amide bonds. The van der Waals surface area contributed by atoms with Crippen LogP contribution in [-0.2, 0) is 22.6 Å². The van der Waals surface area contributed by atoms with Crippen LogP contribution in [0.3, 0.4) is 0 Å². The minimum Gasteiger partial charge on any atom is -0.444 e. The number of H-pyrrole nitrogens is 1. The highest BCUT2D eigenvalue weighted by Gasteiger charge is 2.34. The van der Waals surface area contributed by atoms with E-state index in [-0.39, 0.29) is 36.2 Å². The maximum Gasteiger partial charge on any atom is 0.407 e. The Balaban J connectivity index is 1.64. The summed E-state index contributed by atoms with van der Waals surface area (Å²) < 4.78 is 5.26. The number of hydrogen-bond acceptors (Lipinski definition) is 5. The Kier molecular flexibility index (Phi) is 7.98. The number of rotatable bonds is 6. The van der Waals surface area contributed by atoms with Crippen LogP contribution in [0.25, 0.3) is 0 Å². The Labute approximate surface area is 202 Å². The van der Waals surface area contributed by atoms with Gasteiger partial charge in [-0.1, -0.05) is 23.7 Å². The molecule has 0 unspecified atom stereocenters. The number of aromatic amines is 1. The van der Waals surface area contributed by atoms with E-state index in [2.05, 4.69) is 15.6 Å². The first-order chi connectivity index (χ1) is 16.0. The van der Waals surface area contributed by atoms with E-state index in [4.69, 9.17) is 16.3 Å². The third-order valence-corrected chi connectivity index (χ3v) is 5.49. The third-order valence-electron chi connectivity index (χ3n) is 5.26. The summed E-state index contributed by atoms with van der Waals surface area (Å²) in [5.74, 6) is -0.685. The number of halogens is 1. The second kappa shape index (κ2) is 10.7. The second-order valence-corrected chi connectivity index (χ2v) is 9.51. The molecule has 9 nitrogen and oxygen atoms in total. The number of carbonyl (C=O) groups excluding carboxylic acids is 3. The molecule has 0 spiro atoms. The van der Waals surface area contributed by atoms with E-state index in [0.29, 0.717) is 24.4 Å². The van der Waals surface area contributed by atoms with Crippen molar-refractivity contribution in [1.82, 2.24) is 20.5 Å². The molecule has 1 saturated heterocycles. The molecule has 10 heteroatoms. The van der Waals surface area contributed by atoms with Crippen molar-refractivity contribution in [2.24, 2.45) is 0 Å². The smallest absolute Gasteiger partial charge is 0.407 e. The van der Waals surface area contributed by atoms with Gasteiger partial charge in [-0.3, -0.25) is 14.4 Å². The predicted octanol–water partition coefficient (Wildman–Crippen LogP) is 2.97. The number of ether oxygens (including phenoxy) is 1. The lowest BCUT2D eigenvalue weighted by atomic mass is 10.1. The molecule has 1 fully saturated rings. The van der Waals surface area contributed by atoms with Crippen LogP contribution in [0.15, 0.2) is 41.2 Å². The zero-order chi connectivity index (χ0) is 24.9. The van der Waals surface area contributed by atoms with Crippen molar-refractivity contribution >= 4 is 29.5 Å². The molecule has 3 rings (SSSR count). The molecule has 1 aliphatic rings. The number of benzene rings is 1.